The van der Waals surface area contributed by atoms with Crippen molar-refractivity contribution in [3.63, 3.8) is 0 Å². The zero-order valence-corrected chi connectivity index (χ0v) is 13.2. The van der Waals surface area contributed by atoms with Gasteiger partial charge in [0.25, 0.3) is 0 Å². The first-order valence-electron chi connectivity index (χ1n) is 7.26. The second-order valence-corrected chi connectivity index (χ2v) is 5.30. The van der Waals surface area contributed by atoms with Crippen LogP contribution < -0.4 is 16.0 Å². The van der Waals surface area contributed by atoms with Crippen molar-refractivity contribution in [3.8, 4) is 0 Å². The van der Waals surface area contributed by atoms with Gasteiger partial charge >= 0.3 is 0 Å². The maximum Gasteiger partial charge on any atom is 0.242 e. The molecule has 0 saturated carbocycles. The summed E-state index contributed by atoms with van der Waals surface area (Å²) in [7, 11) is 1.52. The zero-order chi connectivity index (χ0) is 16.5. The van der Waals surface area contributed by atoms with Crippen LogP contribution in [0.1, 0.15) is 19.4 Å². The average Bonchev–Trinajstić information content (AvgIpc) is 2.52. The first kappa shape index (κ1) is 17.7. The molecule has 0 fully saturated rings. The van der Waals surface area contributed by atoms with E-state index in [-0.39, 0.29) is 24.3 Å². The largest absolute Gasteiger partial charge is 0.357 e. The maximum absolute atomic E-state index is 11.9. The third-order valence-electron chi connectivity index (χ3n) is 3.13. The molecule has 3 amide bonds. The predicted molar refractivity (Wildman–Crippen MR) is 84.0 cm³/mol. The average molecular weight is 305 g/mol. The Morgan fingerprint density at radius 1 is 1.05 bits per heavy atom. The third-order valence-corrected chi connectivity index (χ3v) is 3.13. The van der Waals surface area contributed by atoms with E-state index in [0.29, 0.717) is 6.42 Å². The number of carbonyl (C=O) groups excluding carboxylic acids is 3. The number of benzene rings is 1. The quantitative estimate of drug-likeness (QED) is 0.674. The Kier molecular flexibility index (Phi) is 7.08. The van der Waals surface area contributed by atoms with Crippen LogP contribution in [0.5, 0.6) is 0 Å². The van der Waals surface area contributed by atoms with Crippen LogP contribution in [0, 0.1) is 5.92 Å². The molecule has 0 radical (unpaired) electrons. The molecule has 6 heteroatoms. The van der Waals surface area contributed by atoms with Gasteiger partial charge in [-0.15, -0.1) is 0 Å². The third kappa shape index (κ3) is 5.95. The lowest BCUT2D eigenvalue weighted by Crippen LogP contribution is -2.50. The van der Waals surface area contributed by atoms with E-state index in [1.807, 2.05) is 30.3 Å². The summed E-state index contributed by atoms with van der Waals surface area (Å²) in [5.41, 5.74) is 0.947. The Morgan fingerprint density at radius 3 is 2.23 bits per heavy atom. The number of amides is 3. The fraction of sp³-hybridized carbons (Fsp3) is 0.438. The van der Waals surface area contributed by atoms with Gasteiger partial charge in [-0.1, -0.05) is 44.2 Å². The van der Waals surface area contributed by atoms with Crippen LogP contribution in [0.3, 0.4) is 0 Å². The molecule has 120 valence electrons. The number of carbonyl (C=O) groups is 3. The Bertz CT molecular complexity index is 515. The highest BCUT2D eigenvalue weighted by molar-refractivity contribution is 5.90. The summed E-state index contributed by atoms with van der Waals surface area (Å²) in [6.07, 6.45) is 0.393. The second kappa shape index (κ2) is 8.81. The van der Waals surface area contributed by atoms with E-state index in [2.05, 4.69) is 16.0 Å². The molecule has 0 spiro atoms. The van der Waals surface area contributed by atoms with Crippen molar-refractivity contribution in [1.29, 1.82) is 0 Å². The number of nitrogens with one attached hydrogen (secondary N) is 3. The van der Waals surface area contributed by atoms with Crippen LogP contribution in [-0.4, -0.2) is 37.4 Å². The molecule has 1 aromatic rings. The first-order chi connectivity index (χ1) is 10.4. The minimum Gasteiger partial charge on any atom is -0.357 e. The number of hydrogen-bond acceptors (Lipinski definition) is 3. The molecule has 0 heterocycles. The van der Waals surface area contributed by atoms with Crippen molar-refractivity contribution in [2.75, 3.05) is 13.6 Å². The first-order valence-corrected chi connectivity index (χ1v) is 7.26. The van der Waals surface area contributed by atoms with Crippen LogP contribution in [0.25, 0.3) is 0 Å². The normalized spacial score (nSPS) is 11.6. The van der Waals surface area contributed by atoms with Gasteiger partial charge in [-0.2, -0.15) is 0 Å². The number of likely N-dealkylation sites (N-methyl/N-ethyl adjacent to an activating group) is 1. The van der Waals surface area contributed by atoms with Crippen molar-refractivity contribution in [3.05, 3.63) is 35.9 Å². The molecule has 0 aliphatic carbocycles. The van der Waals surface area contributed by atoms with Gasteiger partial charge in [0, 0.05) is 19.4 Å². The van der Waals surface area contributed by atoms with Gasteiger partial charge in [0.2, 0.25) is 17.7 Å². The van der Waals surface area contributed by atoms with E-state index in [4.69, 9.17) is 0 Å². The molecule has 1 aromatic carbocycles. The van der Waals surface area contributed by atoms with E-state index in [9.17, 15) is 14.4 Å². The van der Waals surface area contributed by atoms with Crippen molar-refractivity contribution < 1.29 is 14.4 Å². The highest BCUT2D eigenvalue weighted by Gasteiger charge is 2.20. The summed E-state index contributed by atoms with van der Waals surface area (Å²) in [4.78, 5) is 35.2. The standard InChI is InChI=1S/C16H23N3O3/c1-11(2)15(21)18-10-14(20)19-13(16(22)17-3)9-12-7-5-4-6-8-12/h4-8,11,13H,9-10H2,1-3H3,(H,17,22)(H,18,21)(H,19,20)/t13-/m0/s1. The summed E-state index contributed by atoms with van der Waals surface area (Å²) >= 11 is 0. The van der Waals surface area contributed by atoms with Crippen molar-refractivity contribution in [1.82, 2.24) is 16.0 Å². The van der Waals surface area contributed by atoms with Crippen molar-refractivity contribution in [2.24, 2.45) is 5.92 Å². The van der Waals surface area contributed by atoms with Crippen LogP contribution in [0.4, 0.5) is 0 Å². The van der Waals surface area contributed by atoms with Gasteiger partial charge in [-0.3, -0.25) is 14.4 Å². The fourth-order valence-electron chi connectivity index (χ4n) is 1.85. The lowest BCUT2D eigenvalue weighted by atomic mass is 10.1. The molecule has 0 saturated heterocycles. The van der Waals surface area contributed by atoms with Gasteiger partial charge in [0.1, 0.15) is 6.04 Å². The van der Waals surface area contributed by atoms with Crippen molar-refractivity contribution in [2.45, 2.75) is 26.3 Å². The Hall–Kier alpha value is -2.37. The maximum atomic E-state index is 11.9. The molecule has 0 bridgehead atoms. The minimum atomic E-state index is -0.671. The van der Waals surface area contributed by atoms with E-state index in [1.54, 1.807) is 13.8 Å². The summed E-state index contributed by atoms with van der Waals surface area (Å²) in [5, 5.41) is 7.70. The summed E-state index contributed by atoms with van der Waals surface area (Å²) in [6.45, 7) is 3.35. The molecule has 3 N–H and O–H groups in total. The number of rotatable bonds is 7. The van der Waals surface area contributed by atoms with Crippen LogP contribution in [0.2, 0.25) is 0 Å². The molecular weight excluding hydrogens is 282 g/mol. The van der Waals surface area contributed by atoms with E-state index < -0.39 is 11.9 Å². The molecule has 0 aromatic heterocycles. The lowest BCUT2D eigenvalue weighted by molar-refractivity contribution is -0.130. The Balaban J connectivity index is 2.60. The molecule has 1 atom stereocenters. The van der Waals surface area contributed by atoms with Crippen LogP contribution in [-0.2, 0) is 20.8 Å². The summed E-state index contributed by atoms with van der Waals surface area (Å²) < 4.78 is 0. The van der Waals surface area contributed by atoms with E-state index in [1.165, 1.54) is 7.05 Å². The SMILES string of the molecule is CNC(=O)[C@H](Cc1ccccc1)NC(=O)CNC(=O)C(C)C. The van der Waals surface area contributed by atoms with Gasteiger partial charge < -0.3 is 16.0 Å². The van der Waals surface area contributed by atoms with Gasteiger partial charge in [0.15, 0.2) is 0 Å². The van der Waals surface area contributed by atoms with Crippen LogP contribution in [0.15, 0.2) is 30.3 Å². The molecule has 0 aliphatic rings. The smallest absolute Gasteiger partial charge is 0.242 e. The molecule has 6 nitrogen and oxygen atoms in total. The zero-order valence-electron chi connectivity index (χ0n) is 13.2. The second-order valence-electron chi connectivity index (χ2n) is 5.30. The molecule has 0 aliphatic heterocycles. The summed E-state index contributed by atoms with van der Waals surface area (Å²) in [5.74, 6) is -1.05. The van der Waals surface area contributed by atoms with Crippen molar-refractivity contribution >= 4 is 17.7 Å². The minimum absolute atomic E-state index is 0.140. The molecular formula is C16H23N3O3. The van der Waals surface area contributed by atoms with Gasteiger partial charge in [0.05, 0.1) is 6.54 Å². The predicted octanol–water partition coefficient (Wildman–Crippen LogP) is 0.232. The number of hydrogen-bond donors (Lipinski definition) is 3. The molecule has 22 heavy (non-hydrogen) atoms. The van der Waals surface area contributed by atoms with Gasteiger partial charge in [-0.25, -0.2) is 0 Å². The topological polar surface area (TPSA) is 87.3 Å². The van der Waals surface area contributed by atoms with Gasteiger partial charge in [-0.05, 0) is 5.56 Å². The molecule has 1 rings (SSSR count). The van der Waals surface area contributed by atoms with E-state index >= 15 is 0 Å². The Labute approximate surface area is 130 Å². The lowest BCUT2D eigenvalue weighted by Gasteiger charge is -2.18. The monoisotopic (exact) mass is 305 g/mol. The molecule has 0 unspecified atom stereocenters. The summed E-state index contributed by atoms with van der Waals surface area (Å²) in [6, 6.07) is 8.75. The van der Waals surface area contributed by atoms with E-state index in [0.717, 1.165) is 5.56 Å². The highest BCUT2D eigenvalue weighted by Crippen LogP contribution is 2.03. The highest BCUT2D eigenvalue weighted by atomic mass is 16.2. The fourth-order valence-corrected chi connectivity index (χ4v) is 1.85. The van der Waals surface area contributed by atoms with Crippen LogP contribution >= 0.6 is 0 Å². The Morgan fingerprint density at radius 2 is 1.68 bits per heavy atom.